The largest absolute Gasteiger partial charge is 0.305 e. The Balaban J connectivity index is 2.73. The lowest BCUT2D eigenvalue weighted by Gasteiger charge is -2.11. The van der Waals surface area contributed by atoms with E-state index in [2.05, 4.69) is 5.48 Å². The predicted molar refractivity (Wildman–Crippen MR) is 50.0 cm³/mol. The molecule has 1 aromatic carbocycles. The molecule has 1 N–H and O–H groups in total. The molecule has 1 unspecified atom stereocenters. The molecule has 1 rings (SSSR count). The molecule has 0 heterocycles. The molecule has 0 aromatic heterocycles. The van der Waals surface area contributed by atoms with E-state index in [0.717, 1.165) is 10.6 Å². The van der Waals surface area contributed by atoms with Gasteiger partial charge in [0.1, 0.15) is 0 Å². The van der Waals surface area contributed by atoms with Gasteiger partial charge in [0.25, 0.3) is 0 Å². The van der Waals surface area contributed by atoms with Crippen LogP contribution in [0.1, 0.15) is 18.5 Å². The average Bonchev–Trinajstić information content (AvgIpc) is 2.05. The van der Waals surface area contributed by atoms with E-state index in [9.17, 15) is 0 Å². The van der Waals surface area contributed by atoms with E-state index in [1.54, 1.807) is 7.11 Å². The van der Waals surface area contributed by atoms with Crippen molar-refractivity contribution in [1.82, 2.24) is 5.48 Å². The molecular weight excluding hydrogens is 174 g/mol. The van der Waals surface area contributed by atoms with Crippen LogP contribution in [-0.2, 0) is 4.84 Å². The van der Waals surface area contributed by atoms with Crippen LogP contribution in [0.2, 0.25) is 5.02 Å². The summed E-state index contributed by atoms with van der Waals surface area (Å²) in [6, 6.07) is 7.85. The van der Waals surface area contributed by atoms with Crippen molar-refractivity contribution >= 4 is 11.6 Å². The zero-order chi connectivity index (χ0) is 8.97. The van der Waals surface area contributed by atoms with Crippen molar-refractivity contribution in [3.05, 3.63) is 34.9 Å². The molecule has 0 amide bonds. The minimum Gasteiger partial charge on any atom is -0.305 e. The molecule has 12 heavy (non-hydrogen) atoms. The number of hydroxylamine groups is 1. The lowest BCUT2D eigenvalue weighted by atomic mass is 10.1. The van der Waals surface area contributed by atoms with Crippen LogP contribution in [0.25, 0.3) is 0 Å². The Morgan fingerprint density at radius 1 is 1.50 bits per heavy atom. The fourth-order valence-corrected chi connectivity index (χ4v) is 1.22. The highest BCUT2D eigenvalue weighted by molar-refractivity contribution is 6.30. The second-order valence-corrected chi connectivity index (χ2v) is 3.04. The number of nitrogens with one attached hydrogen (secondary N) is 1. The number of hydrogen-bond donors (Lipinski definition) is 1. The summed E-state index contributed by atoms with van der Waals surface area (Å²) < 4.78 is 0. The SMILES string of the molecule is CONC(C)c1cccc(Cl)c1. The maximum atomic E-state index is 5.82. The van der Waals surface area contributed by atoms with Gasteiger partial charge >= 0.3 is 0 Å². The van der Waals surface area contributed by atoms with Crippen LogP contribution < -0.4 is 5.48 Å². The van der Waals surface area contributed by atoms with E-state index >= 15 is 0 Å². The van der Waals surface area contributed by atoms with Crippen LogP contribution in [0.4, 0.5) is 0 Å². The molecule has 0 bridgehead atoms. The van der Waals surface area contributed by atoms with Gasteiger partial charge < -0.3 is 4.84 Å². The Labute approximate surface area is 77.4 Å². The van der Waals surface area contributed by atoms with Crippen LogP contribution in [0.5, 0.6) is 0 Å². The molecule has 3 heteroatoms. The highest BCUT2D eigenvalue weighted by Gasteiger charge is 2.03. The second-order valence-electron chi connectivity index (χ2n) is 2.60. The minimum absolute atomic E-state index is 0.161. The third-order valence-electron chi connectivity index (χ3n) is 1.64. The van der Waals surface area contributed by atoms with Crippen molar-refractivity contribution in [2.45, 2.75) is 13.0 Å². The van der Waals surface area contributed by atoms with Gasteiger partial charge in [-0.25, -0.2) is 0 Å². The molecule has 1 aromatic rings. The van der Waals surface area contributed by atoms with Crippen molar-refractivity contribution < 1.29 is 4.84 Å². The Kier molecular flexibility index (Phi) is 3.53. The smallest absolute Gasteiger partial charge is 0.0572 e. The van der Waals surface area contributed by atoms with Gasteiger partial charge in [-0.15, -0.1) is 0 Å². The summed E-state index contributed by atoms with van der Waals surface area (Å²) in [6.07, 6.45) is 0. The van der Waals surface area contributed by atoms with Gasteiger partial charge in [-0.3, -0.25) is 0 Å². The molecule has 2 nitrogen and oxygen atoms in total. The van der Waals surface area contributed by atoms with E-state index in [4.69, 9.17) is 16.4 Å². The molecule has 0 saturated carbocycles. The van der Waals surface area contributed by atoms with Gasteiger partial charge in [0.05, 0.1) is 13.2 Å². The highest BCUT2D eigenvalue weighted by Crippen LogP contribution is 2.16. The Bertz CT molecular complexity index is 252. The molecule has 0 fully saturated rings. The predicted octanol–water partition coefficient (Wildman–Crippen LogP) is 2.55. The maximum absolute atomic E-state index is 5.82. The van der Waals surface area contributed by atoms with Crippen LogP contribution in [0.3, 0.4) is 0 Å². The van der Waals surface area contributed by atoms with Crippen molar-refractivity contribution in [2.75, 3.05) is 7.11 Å². The summed E-state index contributed by atoms with van der Waals surface area (Å²) in [4.78, 5) is 4.80. The molecule has 66 valence electrons. The summed E-state index contributed by atoms with van der Waals surface area (Å²) in [5.41, 5.74) is 3.95. The summed E-state index contributed by atoms with van der Waals surface area (Å²) in [6.45, 7) is 2.01. The second kappa shape index (κ2) is 4.45. The summed E-state index contributed by atoms with van der Waals surface area (Å²) in [5, 5.41) is 0.747. The average molecular weight is 186 g/mol. The van der Waals surface area contributed by atoms with E-state index in [-0.39, 0.29) is 6.04 Å². The van der Waals surface area contributed by atoms with E-state index < -0.39 is 0 Å². The number of benzene rings is 1. The lowest BCUT2D eigenvalue weighted by molar-refractivity contribution is 0.0659. The van der Waals surface area contributed by atoms with Crippen LogP contribution >= 0.6 is 11.6 Å². The first kappa shape index (κ1) is 9.52. The van der Waals surface area contributed by atoms with Gasteiger partial charge in [-0.2, -0.15) is 5.48 Å². The molecule has 0 saturated heterocycles. The maximum Gasteiger partial charge on any atom is 0.0572 e. The van der Waals surface area contributed by atoms with E-state index in [0.29, 0.717) is 0 Å². The van der Waals surface area contributed by atoms with E-state index in [1.807, 2.05) is 31.2 Å². The third kappa shape index (κ3) is 2.48. The van der Waals surface area contributed by atoms with Crippen molar-refractivity contribution in [3.8, 4) is 0 Å². The molecule has 0 radical (unpaired) electrons. The quantitative estimate of drug-likeness (QED) is 0.731. The minimum atomic E-state index is 0.161. The zero-order valence-corrected chi connectivity index (χ0v) is 7.93. The van der Waals surface area contributed by atoms with Gasteiger partial charge in [-0.05, 0) is 24.6 Å². The zero-order valence-electron chi connectivity index (χ0n) is 7.17. The fourth-order valence-electron chi connectivity index (χ4n) is 1.02. The first-order valence-corrected chi connectivity index (χ1v) is 4.16. The summed E-state index contributed by atoms with van der Waals surface area (Å²) in [5.74, 6) is 0. The Hall–Kier alpha value is -0.570. The van der Waals surface area contributed by atoms with Crippen molar-refractivity contribution in [2.24, 2.45) is 0 Å². The monoisotopic (exact) mass is 185 g/mol. The molecule has 0 aliphatic heterocycles. The van der Waals surface area contributed by atoms with Gasteiger partial charge in [0, 0.05) is 5.02 Å². The number of halogens is 1. The molecule has 0 aliphatic rings. The standard InChI is InChI=1S/C9H12ClNO/c1-7(11-12-2)8-4-3-5-9(10)6-8/h3-7,11H,1-2H3. The molecule has 1 atom stereocenters. The van der Waals surface area contributed by atoms with Gasteiger partial charge in [0.2, 0.25) is 0 Å². The van der Waals surface area contributed by atoms with Crippen molar-refractivity contribution in [3.63, 3.8) is 0 Å². The summed E-state index contributed by atoms with van der Waals surface area (Å²) >= 11 is 5.82. The van der Waals surface area contributed by atoms with Crippen molar-refractivity contribution in [1.29, 1.82) is 0 Å². The highest BCUT2D eigenvalue weighted by atomic mass is 35.5. The van der Waals surface area contributed by atoms with Gasteiger partial charge in [0.15, 0.2) is 0 Å². The van der Waals surface area contributed by atoms with E-state index in [1.165, 1.54) is 0 Å². The first-order chi connectivity index (χ1) is 5.74. The third-order valence-corrected chi connectivity index (χ3v) is 1.88. The summed E-state index contributed by atoms with van der Waals surface area (Å²) in [7, 11) is 1.60. The topological polar surface area (TPSA) is 21.3 Å². The van der Waals surface area contributed by atoms with Gasteiger partial charge in [-0.1, -0.05) is 23.7 Å². The number of hydrogen-bond acceptors (Lipinski definition) is 2. The lowest BCUT2D eigenvalue weighted by Crippen LogP contribution is -2.16. The Morgan fingerprint density at radius 2 is 2.25 bits per heavy atom. The normalized spacial score (nSPS) is 12.9. The molecule has 0 spiro atoms. The number of rotatable bonds is 3. The Morgan fingerprint density at radius 3 is 2.83 bits per heavy atom. The molecule has 0 aliphatic carbocycles. The first-order valence-electron chi connectivity index (χ1n) is 3.78. The molecular formula is C9H12ClNO. The fraction of sp³-hybridized carbons (Fsp3) is 0.333. The van der Waals surface area contributed by atoms with Crippen LogP contribution in [0, 0.1) is 0 Å². The van der Waals surface area contributed by atoms with Crippen LogP contribution in [0.15, 0.2) is 24.3 Å². The van der Waals surface area contributed by atoms with Crippen LogP contribution in [-0.4, -0.2) is 7.11 Å².